The average molecular weight is 489 g/mol. The largest absolute Gasteiger partial charge is 0.359 e. The van der Waals surface area contributed by atoms with Crippen molar-refractivity contribution in [3.05, 3.63) is 70.2 Å². The first kappa shape index (κ1) is 22.9. The Morgan fingerprint density at radius 1 is 1.06 bits per heavy atom. The van der Waals surface area contributed by atoms with Crippen LogP contribution in [-0.4, -0.2) is 51.6 Å². The molecule has 2 N–H and O–H groups in total. The Morgan fingerprint density at radius 3 is 2.64 bits per heavy atom. The molecule has 36 heavy (non-hydrogen) atoms. The van der Waals surface area contributed by atoms with E-state index >= 15 is 0 Å². The molecule has 7 nitrogen and oxygen atoms in total. The van der Waals surface area contributed by atoms with Gasteiger partial charge in [0.2, 0.25) is 11.8 Å². The second kappa shape index (κ2) is 8.85. The van der Waals surface area contributed by atoms with E-state index in [0.29, 0.717) is 12.0 Å². The standard InChI is InChI=1S/C28H29FN4O3/c1-16-11-21-18(3-2-4-24(21)30-16)14-32-9-7-17(8-10-32)20-12-19(29)13-22-23(20)15-33(28(22)36)25-5-6-26(34)31-27(25)35/h2-4,11-13,17,25,30H,5-10,14-15H2,1H3,(H,31,34,35). The number of aromatic nitrogens is 1. The summed E-state index contributed by atoms with van der Waals surface area (Å²) in [5.41, 5.74) is 5.67. The highest BCUT2D eigenvalue weighted by molar-refractivity contribution is 6.05. The van der Waals surface area contributed by atoms with Crippen molar-refractivity contribution < 1.29 is 18.8 Å². The molecule has 0 radical (unpaired) electrons. The summed E-state index contributed by atoms with van der Waals surface area (Å²) in [4.78, 5) is 44.5. The van der Waals surface area contributed by atoms with Crippen LogP contribution >= 0.6 is 0 Å². The summed E-state index contributed by atoms with van der Waals surface area (Å²) in [7, 11) is 0. The molecule has 8 heteroatoms. The van der Waals surface area contributed by atoms with E-state index in [1.165, 1.54) is 21.9 Å². The molecular formula is C28H29FN4O3. The number of carbonyl (C=O) groups excluding carboxylic acids is 3. The molecule has 3 aliphatic heterocycles. The number of nitrogens with one attached hydrogen (secondary N) is 2. The van der Waals surface area contributed by atoms with E-state index in [-0.39, 0.29) is 30.7 Å². The lowest BCUT2D eigenvalue weighted by molar-refractivity contribution is -0.136. The van der Waals surface area contributed by atoms with Gasteiger partial charge >= 0.3 is 0 Å². The maximum atomic E-state index is 14.7. The first-order valence-corrected chi connectivity index (χ1v) is 12.6. The number of halogens is 1. The summed E-state index contributed by atoms with van der Waals surface area (Å²) in [6.45, 7) is 5.00. The number of fused-ring (bicyclic) bond motifs is 2. The molecule has 2 fully saturated rings. The van der Waals surface area contributed by atoms with Gasteiger partial charge in [-0.25, -0.2) is 4.39 Å². The molecule has 3 aromatic rings. The van der Waals surface area contributed by atoms with E-state index in [1.807, 2.05) is 0 Å². The number of carbonyl (C=O) groups is 3. The van der Waals surface area contributed by atoms with Crippen LogP contribution in [0.15, 0.2) is 36.4 Å². The number of hydrogen-bond donors (Lipinski definition) is 2. The third kappa shape index (κ3) is 3.99. The van der Waals surface area contributed by atoms with Gasteiger partial charge in [-0.05, 0) is 86.1 Å². The summed E-state index contributed by atoms with van der Waals surface area (Å²) in [6, 6.07) is 10.7. The molecule has 3 aliphatic rings. The van der Waals surface area contributed by atoms with Crippen molar-refractivity contribution in [3.8, 4) is 0 Å². The molecule has 0 bridgehead atoms. The quantitative estimate of drug-likeness (QED) is 0.548. The van der Waals surface area contributed by atoms with Gasteiger partial charge in [0, 0.05) is 41.7 Å². The zero-order chi connectivity index (χ0) is 25.0. The van der Waals surface area contributed by atoms with Crippen LogP contribution in [-0.2, 0) is 22.7 Å². The number of aromatic amines is 1. The number of hydrogen-bond acceptors (Lipinski definition) is 4. The minimum atomic E-state index is -0.694. The number of aryl methyl sites for hydroxylation is 1. The van der Waals surface area contributed by atoms with Crippen molar-refractivity contribution in [1.82, 2.24) is 20.1 Å². The monoisotopic (exact) mass is 488 g/mol. The lowest BCUT2D eigenvalue weighted by Crippen LogP contribution is -2.52. The van der Waals surface area contributed by atoms with Crippen molar-refractivity contribution in [2.24, 2.45) is 0 Å². The number of amides is 3. The minimum absolute atomic E-state index is 0.158. The van der Waals surface area contributed by atoms with Gasteiger partial charge in [-0.15, -0.1) is 0 Å². The van der Waals surface area contributed by atoms with Crippen LogP contribution in [0.1, 0.15) is 64.3 Å². The number of rotatable bonds is 4. The predicted octanol–water partition coefficient (Wildman–Crippen LogP) is 3.76. The lowest BCUT2D eigenvalue weighted by atomic mass is 9.85. The second-order valence-electron chi connectivity index (χ2n) is 10.3. The predicted molar refractivity (Wildman–Crippen MR) is 133 cm³/mol. The Labute approximate surface area is 208 Å². The van der Waals surface area contributed by atoms with Crippen molar-refractivity contribution in [2.45, 2.75) is 57.7 Å². The van der Waals surface area contributed by atoms with Crippen LogP contribution in [0, 0.1) is 12.7 Å². The molecule has 1 unspecified atom stereocenters. The van der Waals surface area contributed by atoms with Crippen molar-refractivity contribution >= 4 is 28.6 Å². The fourth-order valence-corrected chi connectivity index (χ4v) is 6.16. The Hall–Kier alpha value is -3.52. The number of likely N-dealkylation sites (tertiary alicyclic amines) is 1. The normalized spacial score (nSPS) is 21.3. The van der Waals surface area contributed by atoms with Crippen LogP contribution in [0.5, 0.6) is 0 Å². The van der Waals surface area contributed by atoms with Gasteiger partial charge in [0.1, 0.15) is 11.9 Å². The fraction of sp³-hybridized carbons (Fsp3) is 0.393. The van der Waals surface area contributed by atoms with Crippen molar-refractivity contribution in [1.29, 1.82) is 0 Å². The highest BCUT2D eigenvalue weighted by Gasteiger charge is 2.41. The average Bonchev–Trinajstić information content (AvgIpc) is 3.39. The van der Waals surface area contributed by atoms with E-state index in [2.05, 4.69) is 46.4 Å². The van der Waals surface area contributed by atoms with E-state index < -0.39 is 17.8 Å². The minimum Gasteiger partial charge on any atom is -0.359 e. The molecule has 3 amide bonds. The molecular weight excluding hydrogens is 459 g/mol. The molecule has 4 heterocycles. The molecule has 1 aromatic heterocycles. The summed E-state index contributed by atoms with van der Waals surface area (Å²) in [5, 5.41) is 3.58. The smallest absolute Gasteiger partial charge is 0.255 e. The lowest BCUT2D eigenvalue weighted by Gasteiger charge is -2.33. The Kier molecular flexibility index (Phi) is 5.63. The zero-order valence-corrected chi connectivity index (χ0v) is 20.3. The van der Waals surface area contributed by atoms with Gasteiger partial charge < -0.3 is 9.88 Å². The molecule has 2 aromatic carbocycles. The van der Waals surface area contributed by atoms with Crippen LogP contribution in [0.4, 0.5) is 4.39 Å². The summed E-state index contributed by atoms with van der Waals surface area (Å²) in [6.07, 6.45) is 2.26. The number of benzene rings is 2. The summed E-state index contributed by atoms with van der Waals surface area (Å²) >= 11 is 0. The molecule has 186 valence electrons. The Balaban J connectivity index is 1.18. The van der Waals surface area contributed by atoms with Crippen molar-refractivity contribution in [2.75, 3.05) is 13.1 Å². The Bertz CT molecular complexity index is 1390. The van der Waals surface area contributed by atoms with Gasteiger partial charge in [0.05, 0.1) is 0 Å². The van der Waals surface area contributed by atoms with Crippen LogP contribution < -0.4 is 5.32 Å². The molecule has 1 atom stereocenters. The van der Waals surface area contributed by atoms with Gasteiger partial charge in [-0.3, -0.25) is 24.6 Å². The van der Waals surface area contributed by atoms with Crippen LogP contribution in [0.3, 0.4) is 0 Å². The maximum Gasteiger partial charge on any atom is 0.255 e. The highest BCUT2D eigenvalue weighted by atomic mass is 19.1. The van der Waals surface area contributed by atoms with Gasteiger partial charge in [0.15, 0.2) is 0 Å². The van der Waals surface area contributed by atoms with Crippen LogP contribution in [0.2, 0.25) is 0 Å². The molecule has 6 rings (SSSR count). The van der Waals surface area contributed by atoms with Crippen LogP contribution in [0.25, 0.3) is 10.9 Å². The first-order chi connectivity index (χ1) is 17.4. The third-order valence-corrected chi connectivity index (χ3v) is 7.97. The number of nitrogens with zero attached hydrogens (tertiary/aromatic N) is 2. The maximum absolute atomic E-state index is 14.7. The van der Waals surface area contributed by atoms with Gasteiger partial charge in [-0.2, -0.15) is 0 Å². The van der Waals surface area contributed by atoms with Gasteiger partial charge in [-0.1, -0.05) is 12.1 Å². The topological polar surface area (TPSA) is 85.5 Å². The Morgan fingerprint density at radius 2 is 1.86 bits per heavy atom. The van der Waals surface area contributed by atoms with Gasteiger partial charge in [0.25, 0.3) is 5.91 Å². The zero-order valence-electron chi connectivity index (χ0n) is 20.3. The summed E-state index contributed by atoms with van der Waals surface area (Å²) < 4.78 is 14.7. The SMILES string of the molecule is Cc1cc2c(CN3CCC(c4cc(F)cc5c4CN(C4CCC(=O)NC4=O)C5=O)CC3)cccc2[nH]1. The fourth-order valence-electron chi connectivity index (χ4n) is 6.16. The molecule has 0 aliphatic carbocycles. The van der Waals surface area contributed by atoms with E-state index in [1.54, 1.807) is 6.07 Å². The number of H-pyrrole nitrogens is 1. The number of piperidine rings is 2. The first-order valence-electron chi connectivity index (χ1n) is 12.6. The van der Waals surface area contributed by atoms with E-state index in [0.717, 1.165) is 54.8 Å². The third-order valence-electron chi connectivity index (χ3n) is 7.97. The van der Waals surface area contributed by atoms with E-state index in [4.69, 9.17) is 0 Å². The van der Waals surface area contributed by atoms with Crippen molar-refractivity contribution in [3.63, 3.8) is 0 Å². The number of imide groups is 1. The molecule has 2 saturated heterocycles. The molecule has 0 saturated carbocycles. The summed E-state index contributed by atoms with van der Waals surface area (Å²) in [5.74, 6) is -1.35. The second-order valence-corrected chi connectivity index (χ2v) is 10.3. The molecule has 0 spiro atoms. The highest BCUT2D eigenvalue weighted by Crippen LogP contribution is 2.38. The van der Waals surface area contributed by atoms with E-state index in [9.17, 15) is 18.8 Å².